The summed E-state index contributed by atoms with van der Waals surface area (Å²) in [7, 11) is 1.37. The summed E-state index contributed by atoms with van der Waals surface area (Å²) in [6.45, 7) is 1.86. The lowest BCUT2D eigenvalue weighted by molar-refractivity contribution is -0.136. The number of methoxy groups -OCH3 is 1. The molecule has 0 spiro atoms. The molecule has 0 aromatic heterocycles. The van der Waals surface area contributed by atoms with Crippen LogP contribution in [0.25, 0.3) is 0 Å². The molecule has 3 rings (SSSR count). The van der Waals surface area contributed by atoms with Crippen LogP contribution < -0.4 is 5.32 Å². The summed E-state index contributed by atoms with van der Waals surface area (Å²) in [4.78, 5) is 24.9. The molecule has 2 aliphatic rings. The third-order valence-corrected chi connectivity index (χ3v) is 4.91. The molecule has 1 heterocycles. The number of benzene rings is 1. The van der Waals surface area contributed by atoms with Crippen molar-refractivity contribution < 1.29 is 14.3 Å². The quantitative estimate of drug-likeness (QED) is 0.802. The van der Waals surface area contributed by atoms with Gasteiger partial charge in [-0.3, -0.25) is 4.79 Å². The number of ketones is 1. The molecule has 0 radical (unpaired) electrons. The standard InChI is InChI=1S/C18H18BrNO3/c1-10-15(18(22)23-2)16(11-6-8-12(19)9-7-11)17-13(20-10)4-3-5-14(17)21/h6-9,16,20H,3-5H2,1-2H3/t16-/m1/s1. The van der Waals surface area contributed by atoms with E-state index in [2.05, 4.69) is 21.2 Å². The highest BCUT2D eigenvalue weighted by Crippen LogP contribution is 2.42. The summed E-state index contributed by atoms with van der Waals surface area (Å²) in [6, 6.07) is 7.75. The van der Waals surface area contributed by atoms with Gasteiger partial charge in [0.05, 0.1) is 12.7 Å². The molecule has 0 bridgehead atoms. The molecule has 23 heavy (non-hydrogen) atoms. The van der Waals surface area contributed by atoms with Crippen molar-refractivity contribution >= 4 is 27.7 Å². The van der Waals surface area contributed by atoms with Gasteiger partial charge in [0.15, 0.2) is 5.78 Å². The number of ether oxygens (including phenoxy) is 1. The highest BCUT2D eigenvalue weighted by atomic mass is 79.9. The Morgan fingerprint density at radius 3 is 2.61 bits per heavy atom. The SMILES string of the molecule is COC(=O)C1=C(C)NC2=C(C(=O)CCC2)[C@@H]1c1ccc(Br)cc1. The van der Waals surface area contributed by atoms with Crippen LogP contribution in [0.1, 0.15) is 37.7 Å². The van der Waals surface area contributed by atoms with E-state index in [-0.39, 0.29) is 11.7 Å². The molecule has 0 saturated heterocycles. The van der Waals surface area contributed by atoms with Crippen LogP contribution in [0.2, 0.25) is 0 Å². The first-order chi connectivity index (χ1) is 11.0. The number of nitrogens with one attached hydrogen (secondary N) is 1. The third kappa shape index (κ3) is 2.85. The second-order valence-corrected chi connectivity index (χ2v) is 6.72. The van der Waals surface area contributed by atoms with Gasteiger partial charge in [-0.1, -0.05) is 28.1 Å². The molecule has 0 amide bonds. The Morgan fingerprint density at radius 1 is 1.26 bits per heavy atom. The molecule has 1 aliphatic carbocycles. The van der Waals surface area contributed by atoms with Gasteiger partial charge < -0.3 is 10.1 Å². The molecule has 1 atom stereocenters. The first-order valence-electron chi connectivity index (χ1n) is 7.60. The van der Waals surface area contributed by atoms with Gasteiger partial charge >= 0.3 is 5.97 Å². The molecular formula is C18H18BrNO3. The minimum absolute atomic E-state index is 0.112. The number of hydrogen-bond donors (Lipinski definition) is 1. The Kier molecular flexibility index (Phi) is 4.39. The fourth-order valence-electron chi connectivity index (χ4n) is 3.35. The number of allylic oxidation sites excluding steroid dienone is 3. The average molecular weight is 376 g/mol. The van der Waals surface area contributed by atoms with Crippen molar-refractivity contribution in [2.75, 3.05) is 7.11 Å². The molecular weight excluding hydrogens is 358 g/mol. The Bertz CT molecular complexity index is 731. The van der Waals surface area contributed by atoms with Crippen molar-refractivity contribution in [3.63, 3.8) is 0 Å². The summed E-state index contributed by atoms with van der Waals surface area (Å²) >= 11 is 3.42. The zero-order valence-corrected chi connectivity index (χ0v) is 14.7. The van der Waals surface area contributed by atoms with Gasteiger partial charge in [-0.05, 0) is 37.5 Å². The topological polar surface area (TPSA) is 55.4 Å². The van der Waals surface area contributed by atoms with Crippen LogP contribution in [0.4, 0.5) is 0 Å². The number of esters is 1. The van der Waals surface area contributed by atoms with Crippen LogP contribution in [0.15, 0.2) is 51.3 Å². The maximum absolute atomic E-state index is 12.6. The molecule has 5 heteroatoms. The van der Waals surface area contributed by atoms with E-state index in [9.17, 15) is 9.59 Å². The monoisotopic (exact) mass is 375 g/mol. The van der Waals surface area contributed by atoms with Crippen molar-refractivity contribution in [2.45, 2.75) is 32.1 Å². The van der Waals surface area contributed by atoms with Crippen molar-refractivity contribution in [1.29, 1.82) is 0 Å². The van der Waals surface area contributed by atoms with E-state index in [1.165, 1.54) is 7.11 Å². The van der Waals surface area contributed by atoms with E-state index in [4.69, 9.17) is 4.74 Å². The summed E-state index contributed by atoms with van der Waals surface area (Å²) in [5.74, 6) is -0.645. The van der Waals surface area contributed by atoms with Crippen molar-refractivity contribution in [1.82, 2.24) is 5.32 Å². The number of dihydropyridines is 1. The lowest BCUT2D eigenvalue weighted by Gasteiger charge is -2.34. The number of carbonyl (C=O) groups excluding carboxylic acids is 2. The van der Waals surface area contributed by atoms with Crippen molar-refractivity contribution in [2.24, 2.45) is 0 Å². The molecule has 0 fully saturated rings. The lowest BCUT2D eigenvalue weighted by Crippen LogP contribution is -2.34. The second-order valence-electron chi connectivity index (χ2n) is 5.81. The summed E-state index contributed by atoms with van der Waals surface area (Å²) < 4.78 is 5.93. The molecule has 1 aromatic rings. The predicted molar refractivity (Wildman–Crippen MR) is 90.6 cm³/mol. The number of rotatable bonds is 2. The first kappa shape index (κ1) is 16.0. The van der Waals surface area contributed by atoms with Crippen LogP contribution in [-0.2, 0) is 14.3 Å². The number of carbonyl (C=O) groups is 2. The van der Waals surface area contributed by atoms with E-state index in [0.717, 1.165) is 34.3 Å². The maximum atomic E-state index is 12.6. The fraction of sp³-hybridized carbons (Fsp3) is 0.333. The largest absolute Gasteiger partial charge is 0.466 e. The number of Topliss-reactive ketones (excluding diaryl/α,β-unsaturated/α-hetero) is 1. The van der Waals surface area contributed by atoms with Gasteiger partial charge in [0.1, 0.15) is 0 Å². The van der Waals surface area contributed by atoms with Gasteiger partial charge in [0, 0.05) is 33.8 Å². The third-order valence-electron chi connectivity index (χ3n) is 4.38. The van der Waals surface area contributed by atoms with Crippen LogP contribution in [0, 0.1) is 0 Å². The Morgan fingerprint density at radius 2 is 1.96 bits per heavy atom. The fourth-order valence-corrected chi connectivity index (χ4v) is 3.62. The molecule has 0 saturated carbocycles. The average Bonchev–Trinajstić information content (AvgIpc) is 2.54. The number of halogens is 1. The highest BCUT2D eigenvalue weighted by Gasteiger charge is 2.38. The Hall–Kier alpha value is -1.88. The van der Waals surface area contributed by atoms with Crippen LogP contribution in [0.3, 0.4) is 0 Å². The molecule has 4 nitrogen and oxygen atoms in total. The van der Waals surface area contributed by atoms with Crippen LogP contribution >= 0.6 is 15.9 Å². The Balaban J connectivity index is 2.18. The lowest BCUT2D eigenvalue weighted by atomic mass is 9.75. The van der Waals surface area contributed by atoms with E-state index < -0.39 is 5.97 Å². The minimum Gasteiger partial charge on any atom is -0.466 e. The summed E-state index contributed by atoms with van der Waals surface area (Å²) in [5.41, 5.74) is 3.86. The first-order valence-corrected chi connectivity index (χ1v) is 8.40. The molecule has 1 aliphatic heterocycles. The number of hydrogen-bond acceptors (Lipinski definition) is 4. The summed E-state index contributed by atoms with van der Waals surface area (Å²) in [5, 5.41) is 3.25. The predicted octanol–water partition coefficient (Wildman–Crippen LogP) is 3.59. The van der Waals surface area contributed by atoms with Gasteiger partial charge in [-0.2, -0.15) is 0 Å². The van der Waals surface area contributed by atoms with Gasteiger partial charge in [0.25, 0.3) is 0 Å². The van der Waals surface area contributed by atoms with Gasteiger partial charge in [-0.15, -0.1) is 0 Å². The molecule has 0 unspecified atom stereocenters. The van der Waals surface area contributed by atoms with Gasteiger partial charge in [-0.25, -0.2) is 4.79 Å². The zero-order valence-electron chi connectivity index (χ0n) is 13.1. The van der Waals surface area contributed by atoms with E-state index in [0.29, 0.717) is 17.6 Å². The second kappa shape index (κ2) is 6.32. The van der Waals surface area contributed by atoms with Crippen molar-refractivity contribution in [3.8, 4) is 0 Å². The van der Waals surface area contributed by atoms with Crippen LogP contribution in [0.5, 0.6) is 0 Å². The molecule has 120 valence electrons. The smallest absolute Gasteiger partial charge is 0.336 e. The van der Waals surface area contributed by atoms with Crippen LogP contribution in [-0.4, -0.2) is 18.9 Å². The highest BCUT2D eigenvalue weighted by molar-refractivity contribution is 9.10. The van der Waals surface area contributed by atoms with E-state index >= 15 is 0 Å². The molecule has 1 N–H and O–H groups in total. The normalized spacial score (nSPS) is 21.0. The van der Waals surface area contributed by atoms with E-state index in [1.54, 1.807) is 0 Å². The van der Waals surface area contributed by atoms with E-state index in [1.807, 2.05) is 31.2 Å². The Labute approximate surface area is 143 Å². The molecule has 1 aromatic carbocycles. The van der Waals surface area contributed by atoms with Gasteiger partial charge in [0.2, 0.25) is 0 Å². The maximum Gasteiger partial charge on any atom is 0.336 e. The minimum atomic E-state index is -0.396. The summed E-state index contributed by atoms with van der Waals surface area (Å²) in [6.07, 6.45) is 2.21. The van der Waals surface area contributed by atoms with Crippen molar-refractivity contribution in [3.05, 3.63) is 56.8 Å². The zero-order chi connectivity index (χ0) is 16.6.